The molecule has 1 heterocycles. The van der Waals surface area contributed by atoms with Crippen molar-refractivity contribution in [1.29, 1.82) is 0 Å². The molecule has 0 aliphatic carbocycles. The second-order valence-corrected chi connectivity index (χ2v) is 4.02. The molecule has 106 valence electrons. The molecule has 0 radical (unpaired) electrons. The van der Waals surface area contributed by atoms with Crippen molar-refractivity contribution in [3.63, 3.8) is 0 Å². The number of hydrogen-bond donors (Lipinski definition) is 2. The Morgan fingerprint density at radius 2 is 2.25 bits per heavy atom. The van der Waals surface area contributed by atoms with E-state index >= 15 is 0 Å². The van der Waals surface area contributed by atoms with E-state index in [1.807, 2.05) is 6.92 Å². The predicted octanol–water partition coefficient (Wildman–Crippen LogP) is -0.400. The lowest BCUT2D eigenvalue weighted by Gasteiger charge is -2.16. The number of amides is 2. The normalized spacial score (nSPS) is 9.35. The van der Waals surface area contributed by atoms with Gasteiger partial charge in [0.25, 0.3) is 5.91 Å². The number of aromatic nitrogens is 1. The first-order valence-corrected chi connectivity index (χ1v) is 6.26. The Bertz CT molecular complexity index is 546. The molecule has 0 spiro atoms. The largest absolute Gasteiger partial charge is 0.355 e. The summed E-state index contributed by atoms with van der Waals surface area (Å²) in [5, 5.41) is 2.63. The molecule has 0 saturated heterocycles. The summed E-state index contributed by atoms with van der Waals surface area (Å²) in [7, 11) is 1.55. The van der Waals surface area contributed by atoms with Crippen LogP contribution in [0.15, 0.2) is 18.3 Å². The minimum atomic E-state index is -0.349. The summed E-state index contributed by atoms with van der Waals surface area (Å²) < 4.78 is 0. The number of nitrogens with two attached hydrogens (primary N) is 1. The molecule has 0 atom stereocenters. The fourth-order valence-electron chi connectivity index (χ4n) is 1.54. The van der Waals surface area contributed by atoms with Gasteiger partial charge in [0.05, 0.1) is 18.7 Å². The maximum Gasteiger partial charge on any atom is 0.273 e. The van der Waals surface area contributed by atoms with Crippen LogP contribution in [-0.2, 0) is 4.79 Å². The molecule has 6 nitrogen and oxygen atoms in total. The van der Waals surface area contributed by atoms with Crippen LogP contribution in [0.25, 0.3) is 0 Å². The lowest BCUT2D eigenvalue weighted by Crippen LogP contribution is -2.38. The van der Waals surface area contributed by atoms with Gasteiger partial charge in [-0.25, -0.2) is 4.98 Å². The Kier molecular flexibility index (Phi) is 6.20. The molecule has 2 amide bonds. The molecule has 3 N–H and O–H groups in total. The van der Waals surface area contributed by atoms with Gasteiger partial charge >= 0.3 is 0 Å². The van der Waals surface area contributed by atoms with E-state index in [9.17, 15) is 9.59 Å². The highest BCUT2D eigenvalue weighted by Gasteiger charge is 2.18. The van der Waals surface area contributed by atoms with Crippen LogP contribution in [0.5, 0.6) is 0 Å². The molecule has 1 aromatic rings. The molecule has 0 aliphatic heterocycles. The van der Waals surface area contributed by atoms with Gasteiger partial charge in [-0.1, -0.05) is 11.8 Å². The van der Waals surface area contributed by atoms with Gasteiger partial charge in [0.2, 0.25) is 5.91 Å². The molecule has 0 saturated carbocycles. The Morgan fingerprint density at radius 3 is 2.90 bits per heavy atom. The van der Waals surface area contributed by atoms with Crippen molar-refractivity contribution in [1.82, 2.24) is 15.2 Å². The second kappa shape index (κ2) is 7.92. The fraction of sp³-hybridized carbons (Fsp3) is 0.357. The molecule has 1 aromatic heterocycles. The molecular weight excluding hydrogens is 256 g/mol. The van der Waals surface area contributed by atoms with Gasteiger partial charge in [-0.2, -0.15) is 0 Å². The minimum absolute atomic E-state index is 0.0208. The lowest BCUT2D eigenvalue weighted by atomic mass is 10.2. The first kappa shape index (κ1) is 15.7. The van der Waals surface area contributed by atoms with Crippen molar-refractivity contribution < 1.29 is 9.59 Å². The molecule has 20 heavy (non-hydrogen) atoms. The second-order valence-electron chi connectivity index (χ2n) is 4.02. The van der Waals surface area contributed by atoms with E-state index in [0.29, 0.717) is 12.1 Å². The Labute approximate surface area is 118 Å². The van der Waals surface area contributed by atoms with Crippen molar-refractivity contribution >= 4 is 11.8 Å². The van der Waals surface area contributed by atoms with Gasteiger partial charge in [0, 0.05) is 19.8 Å². The minimum Gasteiger partial charge on any atom is -0.355 e. The maximum atomic E-state index is 12.3. The number of nitrogens with zero attached hydrogens (tertiary/aromatic N) is 2. The zero-order valence-electron chi connectivity index (χ0n) is 11.6. The van der Waals surface area contributed by atoms with Gasteiger partial charge in [0.15, 0.2) is 0 Å². The van der Waals surface area contributed by atoms with Crippen molar-refractivity contribution in [2.75, 3.05) is 26.7 Å². The summed E-state index contributed by atoms with van der Waals surface area (Å²) >= 11 is 0. The molecule has 6 heteroatoms. The van der Waals surface area contributed by atoms with Crippen LogP contribution in [0.2, 0.25) is 0 Å². The van der Waals surface area contributed by atoms with Crippen LogP contribution in [0.3, 0.4) is 0 Å². The molecular formula is C14H18N4O2. The summed E-state index contributed by atoms with van der Waals surface area (Å²) in [5.41, 5.74) is 6.05. The molecule has 0 aliphatic rings. The van der Waals surface area contributed by atoms with E-state index in [0.717, 1.165) is 0 Å². The zero-order chi connectivity index (χ0) is 15.0. The molecule has 0 aromatic carbocycles. The third kappa shape index (κ3) is 4.37. The molecule has 1 rings (SSSR count). The number of likely N-dealkylation sites (N-methyl/N-ethyl adjacent to an activating group) is 2. The number of pyridine rings is 1. The smallest absolute Gasteiger partial charge is 0.273 e. The van der Waals surface area contributed by atoms with Crippen LogP contribution in [0, 0.1) is 11.8 Å². The van der Waals surface area contributed by atoms with Gasteiger partial charge in [-0.15, -0.1) is 0 Å². The van der Waals surface area contributed by atoms with Gasteiger partial charge < -0.3 is 16.0 Å². The van der Waals surface area contributed by atoms with Crippen LogP contribution < -0.4 is 11.1 Å². The van der Waals surface area contributed by atoms with E-state index in [1.165, 1.54) is 11.1 Å². The first-order chi connectivity index (χ1) is 9.60. The highest BCUT2D eigenvalue weighted by molar-refractivity contribution is 5.96. The highest BCUT2D eigenvalue weighted by Crippen LogP contribution is 2.06. The summed E-state index contributed by atoms with van der Waals surface area (Å²) in [4.78, 5) is 29.1. The van der Waals surface area contributed by atoms with Crippen LogP contribution in [-0.4, -0.2) is 48.4 Å². The highest BCUT2D eigenvalue weighted by atomic mass is 16.2. The summed E-state index contributed by atoms with van der Waals surface area (Å²) in [6, 6.07) is 3.39. The average molecular weight is 274 g/mol. The van der Waals surface area contributed by atoms with E-state index in [4.69, 9.17) is 5.73 Å². The number of hydrogen-bond acceptors (Lipinski definition) is 4. The third-order valence-corrected chi connectivity index (χ3v) is 2.44. The van der Waals surface area contributed by atoms with Crippen LogP contribution in [0.1, 0.15) is 23.0 Å². The van der Waals surface area contributed by atoms with Crippen molar-refractivity contribution in [2.45, 2.75) is 6.92 Å². The first-order valence-electron chi connectivity index (χ1n) is 6.26. The molecule has 0 unspecified atom stereocenters. The lowest BCUT2D eigenvalue weighted by molar-refractivity contribution is -0.121. The van der Waals surface area contributed by atoms with Gasteiger partial charge in [-0.05, 0) is 19.1 Å². The fourth-order valence-corrected chi connectivity index (χ4v) is 1.54. The van der Waals surface area contributed by atoms with E-state index in [1.54, 1.807) is 19.2 Å². The van der Waals surface area contributed by atoms with E-state index < -0.39 is 0 Å². The Hall–Kier alpha value is -2.39. The summed E-state index contributed by atoms with van der Waals surface area (Å²) in [6.45, 7) is 2.53. The Morgan fingerprint density at radius 1 is 1.50 bits per heavy atom. The van der Waals surface area contributed by atoms with Gasteiger partial charge in [0.1, 0.15) is 5.69 Å². The third-order valence-electron chi connectivity index (χ3n) is 2.44. The topological polar surface area (TPSA) is 88.3 Å². The van der Waals surface area contributed by atoms with Crippen molar-refractivity contribution in [2.24, 2.45) is 5.73 Å². The zero-order valence-corrected chi connectivity index (χ0v) is 11.6. The number of rotatable bonds is 4. The summed E-state index contributed by atoms with van der Waals surface area (Å²) in [5.74, 6) is 4.93. The van der Waals surface area contributed by atoms with Crippen LogP contribution >= 0.6 is 0 Å². The van der Waals surface area contributed by atoms with Crippen molar-refractivity contribution in [3.8, 4) is 11.8 Å². The maximum absolute atomic E-state index is 12.3. The average Bonchev–Trinajstić information content (AvgIpc) is 2.44. The van der Waals surface area contributed by atoms with Crippen molar-refractivity contribution in [3.05, 3.63) is 29.6 Å². The quantitative estimate of drug-likeness (QED) is 0.731. The van der Waals surface area contributed by atoms with Crippen LogP contribution in [0.4, 0.5) is 0 Å². The Balaban J connectivity index is 2.89. The van der Waals surface area contributed by atoms with E-state index in [2.05, 4.69) is 22.1 Å². The molecule has 0 fully saturated rings. The number of carbonyl (C=O) groups is 2. The van der Waals surface area contributed by atoms with E-state index in [-0.39, 0.29) is 30.6 Å². The number of carbonyl (C=O) groups excluding carboxylic acids is 2. The predicted molar refractivity (Wildman–Crippen MR) is 75.8 cm³/mol. The SMILES string of the molecule is CCNC(=O)CN(C)C(=O)c1ncccc1C#CCN. The number of nitrogens with one attached hydrogen (secondary N) is 1. The van der Waals surface area contributed by atoms with Gasteiger partial charge in [-0.3, -0.25) is 9.59 Å². The monoisotopic (exact) mass is 274 g/mol. The molecule has 0 bridgehead atoms. The summed E-state index contributed by atoms with van der Waals surface area (Å²) in [6.07, 6.45) is 1.51. The standard InChI is InChI=1S/C14H18N4O2/c1-3-16-12(19)10-18(2)14(20)13-11(6-4-8-15)7-5-9-17-13/h5,7,9H,3,8,10,15H2,1-2H3,(H,16,19).